The molecule has 104 valence electrons. The van der Waals surface area contributed by atoms with Crippen molar-refractivity contribution in [3.8, 4) is 0 Å². The minimum Gasteiger partial charge on any atom is -0.351 e. The number of amides is 1. The van der Waals surface area contributed by atoms with Crippen LogP contribution in [-0.4, -0.2) is 16.9 Å². The maximum atomic E-state index is 11.7. The molecule has 0 saturated heterocycles. The molecule has 0 bridgehead atoms. The summed E-state index contributed by atoms with van der Waals surface area (Å²) in [6.45, 7) is 5.64. The fourth-order valence-corrected chi connectivity index (χ4v) is 1.66. The van der Waals surface area contributed by atoms with Crippen LogP contribution in [0.15, 0.2) is 18.2 Å². The van der Waals surface area contributed by atoms with E-state index in [-0.39, 0.29) is 24.1 Å². The highest BCUT2D eigenvalue weighted by Gasteiger charge is 2.18. The van der Waals surface area contributed by atoms with Crippen LogP contribution in [0.4, 0.5) is 5.69 Å². The third-order valence-electron chi connectivity index (χ3n) is 3.09. The van der Waals surface area contributed by atoms with E-state index in [1.54, 1.807) is 19.1 Å². The largest absolute Gasteiger partial charge is 0.351 e. The zero-order valence-corrected chi connectivity index (χ0v) is 11.3. The monoisotopic (exact) mass is 265 g/mol. The Morgan fingerprint density at radius 1 is 1.47 bits per heavy atom. The summed E-state index contributed by atoms with van der Waals surface area (Å²) in [5.74, 6) is -0.202. The average molecular weight is 265 g/mol. The molecule has 1 rings (SSSR count). The van der Waals surface area contributed by atoms with Crippen LogP contribution in [0.5, 0.6) is 0 Å². The van der Waals surface area contributed by atoms with Crippen molar-refractivity contribution in [3.63, 3.8) is 0 Å². The topological polar surface area (TPSA) is 98.3 Å². The lowest BCUT2D eigenvalue weighted by molar-refractivity contribution is -0.385. The zero-order chi connectivity index (χ0) is 14.6. The molecule has 0 radical (unpaired) electrons. The molecular weight excluding hydrogens is 246 g/mol. The molecule has 1 amide bonds. The third kappa shape index (κ3) is 3.75. The van der Waals surface area contributed by atoms with Gasteiger partial charge in [-0.3, -0.25) is 14.9 Å². The molecule has 0 aliphatic rings. The molecule has 0 unspecified atom stereocenters. The Kier molecular flexibility index (Phi) is 5.00. The molecule has 6 heteroatoms. The predicted molar refractivity (Wildman–Crippen MR) is 72.5 cm³/mol. The Morgan fingerprint density at radius 3 is 2.63 bits per heavy atom. The molecular formula is C13H19N3O3. The van der Waals surface area contributed by atoms with Crippen molar-refractivity contribution < 1.29 is 9.72 Å². The first-order valence-electron chi connectivity index (χ1n) is 6.10. The van der Waals surface area contributed by atoms with Crippen molar-refractivity contribution in [2.24, 2.45) is 11.7 Å². The van der Waals surface area contributed by atoms with Gasteiger partial charge in [0.1, 0.15) is 0 Å². The van der Waals surface area contributed by atoms with Gasteiger partial charge in [-0.25, -0.2) is 0 Å². The lowest BCUT2D eigenvalue weighted by Gasteiger charge is -2.15. The van der Waals surface area contributed by atoms with Crippen LogP contribution in [0.1, 0.15) is 25.0 Å². The Labute approximate surface area is 112 Å². The molecule has 0 saturated carbocycles. The fourth-order valence-electron chi connectivity index (χ4n) is 1.66. The normalized spacial score (nSPS) is 12.3. The Balaban J connectivity index is 2.76. The molecule has 1 aromatic carbocycles. The van der Waals surface area contributed by atoms with E-state index < -0.39 is 11.0 Å². The van der Waals surface area contributed by atoms with E-state index in [0.717, 1.165) is 5.56 Å². The van der Waals surface area contributed by atoms with Crippen LogP contribution in [0.3, 0.4) is 0 Å². The molecule has 1 aromatic rings. The van der Waals surface area contributed by atoms with Crippen molar-refractivity contribution >= 4 is 11.6 Å². The van der Waals surface area contributed by atoms with Crippen molar-refractivity contribution in [2.45, 2.75) is 33.4 Å². The predicted octanol–water partition coefficient (Wildman–Crippen LogP) is 1.50. The number of nitro groups is 1. The van der Waals surface area contributed by atoms with Gasteiger partial charge < -0.3 is 11.1 Å². The van der Waals surface area contributed by atoms with Gasteiger partial charge in [0, 0.05) is 18.2 Å². The van der Waals surface area contributed by atoms with Gasteiger partial charge in [-0.2, -0.15) is 0 Å². The summed E-state index contributed by atoms with van der Waals surface area (Å²) < 4.78 is 0. The molecule has 0 spiro atoms. The quantitative estimate of drug-likeness (QED) is 0.622. The minimum absolute atomic E-state index is 0.0474. The van der Waals surface area contributed by atoms with Crippen LogP contribution in [0.25, 0.3) is 0 Å². The summed E-state index contributed by atoms with van der Waals surface area (Å²) in [6.07, 6.45) is 0. The van der Waals surface area contributed by atoms with Crippen LogP contribution >= 0.6 is 0 Å². The second kappa shape index (κ2) is 6.29. The standard InChI is InChI=1S/C13H19N3O3/c1-8(2)12(14)13(17)15-7-10-5-4-6-11(9(10)3)16(18)19/h4-6,8,12H,7,14H2,1-3H3,(H,15,17)/t12-/m1/s1. The second-order valence-corrected chi connectivity index (χ2v) is 4.81. The van der Waals surface area contributed by atoms with E-state index in [0.29, 0.717) is 5.56 Å². The summed E-state index contributed by atoms with van der Waals surface area (Å²) in [5.41, 5.74) is 7.06. The third-order valence-corrected chi connectivity index (χ3v) is 3.09. The number of carbonyl (C=O) groups is 1. The molecule has 6 nitrogen and oxygen atoms in total. The van der Waals surface area contributed by atoms with Crippen LogP contribution in [0, 0.1) is 23.0 Å². The molecule has 0 aromatic heterocycles. The first-order chi connectivity index (χ1) is 8.84. The highest BCUT2D eigenvalue weighted by atomic mass is 16.6. The summed E-state index contributed by atoms with van der Waals surface area (Å²) in [5, 5.41) is 13.5. The molecule has 0 aliphatic heterocycles. The number of nitrogens with two attached hydrogens (primary N) is 1. The first-order valence-corrected chi connectivity index (χ1v) is 6.10. The molecule has 0 heterocycles. The Hall–Kier alpha value is -1.95. The summed E-state index contributed by atoms with van der Waals surface area (Å²) in [4.78, 5) is 22.1. The maximum absolute atomic E-state index is 11.7. The second-order valence-electron chi connectivity index (χ2n) is 4.81. The van der Waals surface area contributed by atoms with E-state index >= 15 is 0 Å². The number of nitro benzene ring substituents is 1. The average Bonchev–Trinajstić information content (AvgIpc) is 2.35. The van der Waals surface area contributed by atoms with Crippen molar-refractivity contribution in [1.82, 2.24) is 5.32 Å². The van der Waals surface area contributed by atoms with Gasteiger partial charge in [0.15, 0.2) is 0 Å². The van der Waals surface area contributed by atoms with Gasteiger partial charge in [0.25, 0.3) is 5.69 Å². The van der Waals surface area contributed by atoms with Crippen molar-refractivity contribution in [2.75, 3.05) is 0 Å². The molecule has 1 atom stereocenters. The zero-order valence-electron chi connectivity index (χ0n) is 11.3. The highest BCUT2D eigenvalue weighted by Crippen LogP contribution is 2.20. The van der Waals surface area contributed by atoms with E-state index in [1.807, 2.05) is 13.8 Å². The minimum atomic E-state index is -0.570. The SMILES string of the molecule is Cc1c(CNC(=O)[C@H](N)C(C)C)cccc1[N+](=O)[O-]. The Bertz CT molecular complexity index is 486. The van der Waals surface area contributed by atoms with Gasteiger partial charge in [-0.05, 0) is 18.4 Å². The first kappa shape index (κ1) is 15.1. The summed E-state index contributed by atoms with van der Waals surface area (Å²) in [6, 6.07) is 4.23. The number of hydrogen-bond acceptors (Lipinski definition) is 4. The van der Waals surface area contributed by atoms with E-state index in [1.165, 1.54) is 6.07 Å². The lowest BCUT2D eigenvalue weighted by atomic mass is 10.0. The molecule has 3 N–H and O–H groups in total. The number of rotatable bonds is 5. The van der Waals surface area contributed by atoms with E-state index in [9.17, 15) is 14.9 Å². The highest BCUT2D eigenvalue weighted by molar-refractivity contribution is 5.81. The number of benzene rings is 1. The van der Waals surface area contributed by atoms with E-state index in [4.69, 9.17) is 5.73 Å². The molecule has 19 heavy (non-hydrogen) atoms. The number of nitrogens with zero attached hydrogens (tertiary/aromatic N) is 1. The van der Waals surface area contributed by atoms with Crippen molar-refractivity contribution in [1.29, 1.82) is 0 Å². The maximum Gasteiger partial charge on any atom is 0.272 e. The number of hydrogen-bond donors (Lipinski definition) is 2. The lowest BCUT2D eigenvalue weighted by Crippen LogP contribution is -2.43. The van der Waals surface area contributed by atoms with Crippen molar-refractivity contribution in [3.05, 3.63) is 39.4 Å². The Morgan fingerprint density at radius 2 is 2.11 bits per heavy atom. The number of nitrogens with one attached hydrogen (secondary N) is 1. The summed E-state index contributed by atoms with van der Waals surface area (Å²) in [7, 11) is 0. The smallest absolute Gasteiger partial charge is 0.272 e. The number of carbonyl (C=O) groups excluding carboxylic acids is 1. The van der Waals surface area contributed by atoms with Crippen LogP contribution in [-0.2, 0) is 11.3 Å². The molecule has 0 fully saturated rings. The van der Waals surface area contributed by atoms with Gasteiger partial charge in [0.2, 0.25) is 5.91 Å². The van der Waals surface area contributed by atoms with Crippen LogP contribution < -0.4 is 11.1 Å². The van der Waals surface area contributed by atoms with E-state index in [2.05, 4.69) is 5.32 Å². The van der Waals surface area contributed by atoms with Gasteiger partial charge in [-0.1, -0.05) is 26.0 Å². The van der Waals surface area contributed by atoms with Gasteiger partial charge in [0.05, 0.1) is 11.0 Å². The van der Waals surface area contributed by atoms with Gasteiger partial charge in [-0.15, -0.1) is 0 Å². The fraction of sp³-hybridized carbons (Fsp3) is 0.462. The molecule has 0 aliphatic carbocycles. The van der Waals surface area contributed by atoms with Crippen LogP contribution in [0.2, 0.25) is 0 Å². The summed E-state index contributed by atoms with van der Waals surface area (Å²) >= 11 is 0. The van der Waals surface area contributed by atoms with Gasteiger partial charge >= 0.3 is 0 Å².